The Morgan fingerprint density at radius 3 is 2.87 bits per heavy atom. The summed E-state index contributed by atoms with van der Waals surface area (Å²) in [6, 6.07) is 1.71. The molecule has 2 aliphatic rings. The number of carbonyl (C=O) groups is 1. The first-order valence-corrected chi connectivity index (χ1v) is 10.2. The smallest absolute Gasteiger partial charge is 0.319 e. The average Bonchev–Trinajstić information content (AvgIpc) is 3.48. The van der Waals surface area contributed by atoms with Crippen molar-refractivity contribution in [3.63, 3.8) is 0 Å². The molecule has 162 valence electrons. The number of hydrogen-bond donors (Lipinski definition) is 3. The summed E-state index contributed by atoms with van der Waals surface area (Å²) in [4.78, 5) is 12.2. The number of aliphatic hydroxyl groups is 1. The lowest BCUT2D eigenvalue weighted by molar-refractivity contribution is -0.0905. The fraction of sp³-hybridized carbons (Fsp3) is 0.550. The van der Waals surface area contributed by atoms with Gasteiger partial charge in [-0.25, -0.2) is 13.6 Å². The van der Waals surface area contributed by atoms with Crippen LogP contribution in [0, 0.1) is 11.6 Å². The van der Waals surface area contributed by atoms with E-state index in [0.29, 0.717) is 25.3 Å². The van der Waals surface area contributed by atoms with Gasteiger partial charge >= 0.3 is 6.03 Å². The van der Waals surface area contributed by atoms with Gasteiger partial charge in [-0.3, -0.25) is 4.68 Å². The Hall–Kier alpha value is -2.59. The van der Waals surface area contributed by atoms with Crippen LogP contribution in [0.4, 0.5) is 19.3 Å². The number of nitrogens with zero attached hydrogens (tertiary/aromatic N) is 3. The summed E-state index contributed by atoms with van der Waals surface area (Å²) >= 11 is 0. The maximum atomic E-state index is 13.7. The van der Waals surface area contributed by atoms with Crippen molar-refractivity contribution in [1.29, 1.82) is 0 Å². The van der Waals surface area contributed by atoms with Gasteiger partial charge in [0.05, 0.1) is 30.1 Å². The van der Waals surface area contributed by atoms with Crippen LogP contribution in [0.2, 0.25) is 0 Å². The number of rotatable bonds is 7. The van der Waals surface area contributed by atoms with Crippen LogP contribution in [0.5, 0.6) is 0 Å². The highest BCUT2D eigenvalue weighted by molar-refractivity contribution is 5.89. The molecule has 1 saturated carbocycles. The molecular formula is C20H25F2N5O3. The molecule has 0 unspecified atom stereocenters. The van der Waals surface area contributed by atoms with E-state index in [9.17, 15) is 18.7 Å². The van der Waals surface area contributed by atoms with Gasteiger partial charge in [0.25, 0.3) is 0 Å². The SMILES string of the molecule is O=C(Nc1cc(F)ccc1F)N[C@@H]1CC[C@@H](CCn2cc(C3CC3)nn2)O[C@H]1CO. The fourth-order valence-corrected chi connectivity index (χ4v) is 3.69. The number of aliphatic hydroxyl groups excluding tert-OH is 1. The van der Waals surface area contributed by atoms with Gasteiger partial charge < -0.3 is 20.5 Å². The number of anilines is 1. The first-order chi connectivity index (χ1) is 14.5. The lowest BCUT2D eigenvalue weighted by Crippen LogP contribution is -2.52. The molecule has 3 atom stereocenters. The van der Waals surface area contributed by atoms with Gasteiger partial charge in [0.2, 0.25) is 0 Å². The molecule has 2 aromatic rings. The third-order valence-corrected chi connectivity index (χ3v) is 5.52. The van der Waals surface area contributed by atoms with Crippen LogP contribution in [0.15, 0.2) is 24.4 Å². The molecule has 1 saturated heterocycles. The third-order valence-electron chi connectivity index (χ3n) is 5.52. The number of ether oxygens (including phenoxy) is 1. The minimum atomic E-state index is -0.733. The van der Waals surface area contributed by atoms with Crippen LogP contribution >= 0.6 is 0 Å². The Bertz CT molecular complexity index is 889. The highest BCUT2D eigenvalue weighted by Crippen LogP contribution is 2.38. The normalized spacial score (nSPS) is 23.9. The van der Waals surface area contributed by atoms with E-state index in [0.717, 1.165) is 30.3 Å². The zero-order chi connectivity index (χ0) is 21.1. The van der Waals surface area contributed by atoms with Crippen molar-refractivity contribution in [2.45, 2.75) is 62.8 Å². The van der Waals surface area contributed by atoms with Crippen molar-refractivity contribution in [2.24, 2.45) is 0 Å². The predicted molar refractivity (Wildman–Crippen MR) is 104 cm³/mol. The van der Waals surface area contributed by atoms with Gasteiger partial charge in [-0.2, -0.15) is 0 Å². The van der Waals surface area contributed by atoms with Gasteiger partial charge in [-0.1, -0.05) is 5.21 Å². The van der Waals surface area contributed by atoms with Crippen LogP contribution in [-0.2, 0) is 11.3 Å². The highest BCUT2D eigenvalue weighted by atomic mass is 19.1. The molecule has 0 radical (unpaired) electrons. The van der Waals surface area contributed by atoms with Gasteiger partial charge in [0.1, 0.15) is 17.7 Å². The second-order valence-electron chi connectivity index (χ2n) is 7.86. The van der Waals surface area contributed by atoms with Crippen LogP contribution in [0.3, 0.4) is 0 Å². The zero-order valence-electron chi connectivity index (χ0n) is 16.4. The number of amides is 2. The minimum Gasteiger partial charge on any atom is -0.394 e. The summed E-state index contributed by atoms with van der Waals surface area (Å²) in [6.45, 7) is 0.408. The molecule has 10 heteroatoms. The summed E-state index contributed by atoms with van der Waals surface area (Å²) in [7, 11) is 0. The van der Waals surface area contributed by atoms with Crippen LogP contribution < -0.4 is 10.6 Å². The quantitative estimate of drug-likeness (QED) is 0.638. The second kappa shape index (κ2) is 9.05. The van der Waals surface area contributed by atoms with Crippen LogP contribution in [0.1, 0.15) is 43.7 Å². The summed E-state index contributed by atoms with van der Waals surface area (Å²) in [6.07, 6.45) is 5.69. The molecule has 1 aromatic carbocycles. The van der Waals surface area contributed by atoms with Gasteiger partial charge in [-0.05, 0) is 44.2 Å². The van der Waals surface area contributed by atoms with Crippen molar-refractivity contribution >= 4 is 11.7 Å². The number of benzene rings is 1. The lowest BCUT2D eigenvalue weighted by Gasteiger charge is -2.36. The molecule has 1 aliphatic carbocycles. The van der Waals surface area contributed by atoms with E-state index in [4.69, 9.17) is 4.74 Å². The van der Waals surface area contributed by atoms with E-state index in [-0.39, 0.29) is 18.4 Å². The molecule has 1 aliphatic heterocycles. The molecule has 2 fully saturated rings. The zero-order valence-corrected chi connectivity index (χ0v) is 16.4. The lowest BCUT2D eigenvalue weighted by atomic mass is 9.97. The molecular weight excluding hydrogens is 396 g/mol. The first kappa shape index (κ1) is 20.7. The number of urea groups is 1. The predicted octanol–water partition coefficient (Wildman–Crippen LogP) is 2.55. The largest absolute Gasteiger partial charge is 0.394 e. The number of aromatic nitrogens is 3. The first-order valence-electron chi connectivity index (χ1n) is 10.2. The number of nitrogens with one attached hydrogen (secondary N) is 2. The van der Waals surface area contributed by atoms with Crippen LogP contribution in [0.25, 0.3) is 0 Å². The highest BCUT2D eigenvalue weighted by Gasteiger charge is 2.32. The Morgan fingerprint density at radius 2 is 2.10 bits per heavy atom. The summed E-state index contributed by atoms with van der Waals surface area (Å²) in [5.41, 5.74) is 0.791. The van der Waals surface area contributed by atoms with E-state index in [2.05, 4.69) is 20.9 Å². The Labute approximate surface area is 172 Å². The topological polar surface area (TPSA) is 101 Å². The molecule has 0 spiro atoms. The van der Waals surface area contributed by atoms with Crippen molar-refractivity contribution in [1.82, 2.24) is 20.3 Å². The van der Waals surface area contributed by atoms with E-state index in [1.54, 1.807) is 0 Å². The molecule has 30 heavy (non-hydrogen) atoms. The molecule has 2 heterocycles. The number of carbonyl (C=O) groups excluding carboxylic acids is 1. The molecule has 4 rings (SSSR count). The summed E-state index contributed by atoms with van der Waals surface area (Å²) < 4.78 is 34.7. The van der Waals surface area contributed by atoms with Crippen molar-refractivity contribution in [2.75, 3.05) is 11.9 Å². The van der Waals surface area contributed by atoms with Crippen LogP contribution in [-0.4, -0.2) is 51.0 Å². The molecule has 1 aromatic heterocycles. The maximum Gasteiger partial charge on any atom is 0.319 e. The minimum absolute atomic E-state index is 0.0718. The molecule has 3 N–H and O–H groups in total. The second-order valence-corrected chi connectivity index (χ2v) is 7.86. The molecule has 2 amide bonds. The number of hydrogen-bond acceptors (Lipinski definition) is 5. The Kier molecular flexibility index (Phi) is 6.24. The van der Waals surface area contributed by atoms with Crippen molar-refractivity contribution < 1.29 is 23.4 Å². The molecule has 8 nitrogen and oxygen atoms in total. The van der Waals surface area contributed by atoms with Crippen molar-refractivity contribution in [3.05, 3.63) is 41.7 Å². The van der Waals surface area contributed by atoms with E-state index >= 15 is 0 Å². The molecule has 0 bridgehead atoms. The van der Waals surface area contributed by atoms with E-state index in [1.807, 2.05) is 10.9 Å². The fourth-order valence-electron chi connectivity index (χ4n) is 3.69. The standard InChI is InChI=1S/C20H25F2N5O3/c21-13-3-5-15(22)17(9-13)24-20(29)23-16-6-4-14(30-19(16)11-28)7-8-27-10-18(25-26-27)12-1-2-12/h3,5,9-10,12,14,16,19,28H,1-2,4,6-8,11H2,(H2,23,24,29)/t14-,16+,19-/m0/s1. The van der Waals surface area contributed by atoms with Crippen molar-refractivity contribution in [3.8, 4) is 0 Å². The van der Waals surface area contributed by atoms with Gasteiger partial charge in [0, 0.05) is 24.7 Å². The number of halogens is 2. The maximum absolute atomic E-state index is 13.7. The Morgan fingerprint density at radius 1 is 1.27 bits per heavy atom. The summed E-state index contributed by atoms with van der Waals surface area (Å²) in [5.74, 6) is -0.828. The van der Waals surface area contributed by atoms with E-state index < -0.39 is 29.8 Å². The van der Waals surface area contributed by atoms with E-state index in [1.165, 1.54) is 12.8 Å². The monoisotopic (exact) mass is 421 g/mol. The number of aryl methyl sites for hydroxylation is 1. The average molecular weight is 421 g/mol. The summed E-state index contributed by atoms with van der Waals surface area (Å²) in [5, 5.41) is 23.0. The van der Waals surface area contributed by atoms with Gasteiger partial charge in [0.15, 0.2) is 0 Å². The third kappa shape index (κ3) is 5.11. The van der Waals surface area contributed by atoms with Gasteiger partial charge in [-0.15, -0.1) is 5.10 Å². The Balaban J connectivity index is 1.26.